The van der Waals surface area contributed by atoms with Crippen LogP contribution in [0.3, 0.4) is 0 Å². The van der Waals surface area contributed by atoms with Crippen molar-refractivity contribution in [2.24, 2.45) is 0 Å². The van der Waals surface area contributed by atoms with E-state index in [9.17, 15) is 8.42 Å². The molecule has 114 valence electrons. The number of rotatable bonds is 4. The monoisotopic (exact) mass is 333 g/mol. The van der Waals surface area contributed by atoms with Crippen LogP contribution in [0.2, 0.25) is 0 Å². The molecule has 22 heavy (non-hydrogen) atoms. The van der Waals surface area contributed by atoms with Gasteiger partial charge in [-0.1, -0.05) is 24.3 Å². The molecule has 3 rings (SSSR count). The summed E-state index contributed by atoms with van der Waals surface area (Å²) in [6, 6.07) is 14.5. The Morgan fingerprint density at radius 3 is 2.50 bits per heavy atom. The Hall–Kier alpha value is -1.79. The van der Waals surface area contributed by atoms with Crippen molar-refractivity contribution in [2.75, 3.05) is 6.26 Å². The van der Waals surface area contributed by atoms with Crippen molar-refractivity contribution in [3.8, 4) is 0 Å². The van der Waals surface area contributed by atoms with Gasteiger partial charge in [-0.25, -0.2) is 13.4 Å². The molecule has 0 spiro atoms. The van der Waals surface area contributed by atoms with E-state index in [4.69, 9.17) is 4.42 Å². The van der Waals surface area contributed by atoms with Crippen LogP contribution in [0.15, 0.2) is 62.7 Å². The summed E-state index contributed by atoms with van der Waals surface area (Å²) in [5, 5.41) is -0.0877. The van der Waals surface area contributed by atoms with E-state index in [1.54, 1.807) is 18.2 Å². The molecule has 0 fully saturated rings. The number of sulfone groups is 1. The summed E-state index contributed by atoms with van der Waals surface area (Å²) in [5.74, 6) is 0.592. The van der Waals surface area contributed by atoms with E-state index in [0.29, 0.717) is 15.7 Å². The number of para-hydroxylation sites is 2. The standard InChI is InChI=1S/C16H15NO3S2/c1-11(16-17-12-7-3-4-8-13(12)20-16)21-14-9-5-6-10-15(14)22(2,18)19/h3-11H,1-2H3. The lowest BCUT2D eigenvalue weighted by molar-refractivity contribution is 0.533. The van der Waals surface area contributed by atoms with Gasteiger partial charge in [-0.2, -0.15) is 0 Å². The van der Waals surface area contributed by atoms with Crippen molar-refractivity contribution in [1.82, 2.24) is 4.98 Å². The summed E-state index contributed by atoms with van der Waals surface area (Å²) in [7, 11) is -3.26. The number of thioether (sulfide) groups is 1. The van der Waals surface area contributed by atoms with E-state index in [-0.39, 0.29) is 5.25 Å². The second-order valence-electron chi connectivity index (χ2n) is 5.00. The van der Waals surface area contributed by atoms with E-state index in [0.717, 1.165) is 11.1 Å². The first-order valence-corrected chi connectivity index (χ1v) is 9.53. The van der Waals surface area contributed by atoms with Gasteiger partial charge in [-0.15, -0.1) is 11.8 Å². The fourth-order valence-electron chi connectivity index (χ4n) is 2.16. The number of nitrogens with zero attached hydrogens (tertiary/aromatic N) is 1. The number of hydrogen-bond acceptors (Lipinski definition) is 5. The molecule has 2 aromatic carbocycles. The van der Waals surface area contributed by atoms with E-state index < -0.39 is 9.84 Å². The molecule has 1 aromatic heterocycles. The van der Waals surface area contributed by atoms with Gasteiger partial charge in [-0.05, 0) is 31.2 Å². The molecule has 0 bridgehead atoms. The quantitative estimate of drug-likeness (QED) is 0.673. The fourth-order valence-corrected chi connectivity index (χ4v) is 4.44. The van der Waals surface area contributed by atoms with Gasteiger partial charge in [0.25, 0.3) is 0 Å². The maximum absolute atomic E-state index is 11.9. The summed E-state index contributed by atoms with van der Waals surface area (Å²) in [6.07, 6.45) is 1.22. The third-order valence-electron chi connectivity index (χ3n) is 3.21. The molecule has 0 radical (unpaired) electrons. The molecule has 0 aliphatic rings. The third-order valence-corrected chi connectivity index (χ3v) is 5.66. The summed E-state index contributed by atoms with van der Waals surface area (Å²) in [6.45, 7) is 1.95. The Morgan fingerprint density at radius 1 is 1.09 bits per heavy atom. The summed E-state index contributed by atoms with van der Waals surface area (Å²) >= 11 is 1.43. The van der Waals surface area contributed by atoms with Crippen LogP contribution in [-0.4, -0.2) is 19.7 Å². The van der Waals surface area contributed by atoms with Crippen LogP contribution < -0.4 is 0 Å². The smallest absolute Gasteiger partial charge is 0.208 e. The van der Waals surface area contributed by atoms with Gasteiger partial charge in [0.15, 0.2) is 15.4 Å². The first-order chi connectivity index (χ1) is 10.4. The molecule has 0 N–H and O–H groups in total. The highest BCUT2D eigenvalue weighted by Crippen LogP contribution is 2.38. The molecule has 0 aliphatic heterocycles. The Labute approximate surface area is 133 Å². The minimum atomic E-state index is -3.26. The van der Waals surface area contributed by atoms with E-state index >= 15 is 0 Å². The van der Waals surface area contributed by atoms with Gasteiger partial charge in [0.1, 0.15) is 5.52 Å². The minimum Gasteiger partial charge on any atom is -0.439 e. The first kappa shape index (κ1) is 15.1. The van der Waals surface area contributed by atoms with Crippen LogP contribution >= 0.6 is 11.8 Å². The topological polar surface area (TPSA) is 60.2 Å². The SMILES string of the molecule is CC(Sc1ccccc1S(C)(=O)=O)c1nc2ccccc2o1. The van der Waals surface area contributed by atoms with Gasteiger partial charge >= 0.3 is 0 Å². The van der Waals surface area contributed by atoms with Crippen LogP contribution in [-0.2, 0) is 9.84 Å². The predicted molar refractivity (Wildman–Crippen MR) is 87.8 cm³/mol. The highest BCUT2D eigenvalue weighted by Gasteiger charge is 2.19. The zero-order chi connectivity index (χ0) is 15.7. The molecule has 4 nitrogen and oxygen atoms in total. The molecule has 1 atom stereocenters. The lowest BCUT2D eigenvalue weighted by atomic mass is 10.3. The van der Waals surface area contributed by atoms with Crippen LogP contribution in [0.4, 0.5) is 0 Å². The molecule has 6 heteroatoms. The number of aromatic nitrogens is 1. The Kier molecular flexibility index (Phi) is 3.97. The van der Waals surface area contributed by atoms with Crippen molar-refractivity contribution in [3.63, 3.8) is 0 Å². The zero-order valence-electron chi connectivity index (χ0n) is 12.2. The van der Waals surface area contributed by atoms with E-state index in [1.807, 2.05) is 37.3 Å². The molecule has 0 amide bonds. The van der Waals surface area contributed by atoms with Crippen molar-refractivity contribution in [2.45, 2.75) is 22.0 Å². The van der Waals surface area contributed by atoms with Gasteiger partial charge in [-0.3, -0.25) is 0 Å². The lowest BCUT2D eigenvalue weighted by Gasteiger charge is -2.10. The largest absolute Gasteiger partial charge is 0.439 e. The van der Waals surface area contributed by atoms with Gasteiger partial charge < -0.3 is 4.42 Å². The zero-order valence-corrected chi connectivity index (χ0v) is 13.8. The molecule has 0 saturated heterocycles. The predicted octanol–water partition coefficient (Wildman–Crippen LogP) is 4.08. The van der Waals surface area contributed by atoms with Crippen LogP contribution in [0, 0.1) is 0 Å². The van der Waals surface area contributed by atoms with E-state index in [1.165, 1.54) is 18.0 Å². The number of fused-ring (bicyclic) bond motifs is 1. The van der Waals surface area contributed by atoms with Crippen molar-refractivity contribution in [3.05, 3.63) is 54.4 Å². The molecule has 1 unspecified atom stereocenters. The second-order valence-corrected chi connectivity index (χ2v) is 8.37. The highest BCUT2D eigenvalue weighted by atomic mass is 32.2. The minimum absolute atomic E-state index is 0.0877. The van der Waals surface area contributed by atoms with Crippen LogP contribution in [0.25, 0.3) is 11.1 Å². The van der Waals surface area contributed by atoms with Crippen molar-refractivity contribution in [1.29, 1.82) is 0 Å². The lowest BCUT2D eigenvalue weighted by Crippen LogP contribution is -2.00. The van der Waals surface area contributed by atoms with Gasteiger partial charge in [0.05, 0.1) is 10.1 Å². The first-order valence-electron chi connectivity index (χ1n) is 6.76. The maximum atomic E-state index is 11.9. The van der Waals surface area contributed by atoms with Crippen molar-refractivity contribution < 1.29 is 12.8 Å². The molecule has 0 aliphatic carbocycles. The fraction of sp³-hybridized carbons (Fsp3) is 0.188. The van der Waals surface area contributed by atoms with Crippen molar-refractivity contribution >= 4 is 32.7 Å². The maximum Gasteiger partial charge on any atom is 0.208 e. The van der Waals surface area contributed by atoms with Gasteiger partial charge in [0, 0.05) is 11.2 Å². The van der Waals surface area contributed by atoms with Crippen LogP contribution in [0.1, 0.15) is 18.1 Å². The molecular weight excluding hydrogens is 318 g/mol. The second kappa shape index (κ2) is 5.78. The Balaban J connectivity index is 1.93. The Bertz CT molecular complexity index is 883. The normalized spacial score (nSPS) is 13.4. The van der Waals surface area contributed by atoms with Crippen LogP contribution in [0.5, 0.6) is 0 Å². The number of oxazole rings is 1. The molecular formula is C16H15NO3S2. The molecule has 0 saturated carbocycles. The average Bonchev–Trinajstić information content (AvgIpc) is 2.90. The summed E-state index contributed by atoms with van der Waals surface area (Å²) in [4.78, 5) is 5.51. The summed E-state index contributed by atoms with van der Waals surface area (Å²) < 4.78 is 29.5. The van der Waals surface area contributed by atoms with E-state index in [2.05, 4.69) is 4.98 Å². The highest BCUT2D eigenvalue weighted by molar-refractivity contribution is 8.00. The average molecular weight is 333 g/mol. The third kappa shape index (κ3) is 3.03. The molecule has 3 aromatic rings. The number of hydrogen-bond donors (Lipinski definition) is 0. The van der Waals surface area contributed by atoms with Gasteiger partial charge in [0.2, 0.25) is 5.89 Å². The summed E-state index contributed by atoms with van der Waals surface area (Å²) in [5.41, 5.74) is 1.54. The number of benzene rings is 2. The molecule has 1 heterocycles. The Morgan fingerprint density at radius 2 is 1.77 bits per heavy atom.